The molecular formula is C18H29F2N3O2. The fraction of sp³-hybridized carbons (Fsp3) is 0.500. The van der Waals surface area contributed by atoms with E-state index in [2.05, 4.69) is 11.6 Å². The number of hydrogen-bond acceptors (Lipinski definition) is 3. The van der Waals surface area contributed by atoms with E-state index in [-0.39, 0.29) is 16.4 Å². The summed E-state index contributed by atoms with van der Waals surface area (Å²) in [6.07, 6.45) is 0. The Balaban J connectivity index is 0. The Kier molecular flexibility index (Phi) is 12.1. The molecule has 1 aromatic rings. The van der Waals surface area contributed by atoms with Crippen LogP contribution in [0.15, 0.2) is 29.4 Å². The number of hydrogen-bond donors (Lipinski definition) is 0. The van der Waals surface area contributed by atoms with Crippen LogP contribution in [0.4, 0.5) is 14.5 Å². The summed E-state index contributed by atoms with van der Waals surface area (Å²) < 4.78 is 24.3. The van der Waals surface area contributed by atoms with Crippen LogP contribution >= 0.6 is 0 Å². The Hall–Kier alpha value is -2.31. The van der Waals surface area contributed by atoms with E-state index >= 15 is 0 Å². The van der Waals surface area contributed by atoms with E-state index in [1.807, 2.05) is 27.7 Å². The standard InChI is InChI=1S/C9H11NO2.C7H12F2N2.C2H6/c1-6-4-5-9(10(11)12)8(3)7(6)2;1-5(2)11(7(8)9)6(3)10-4;1-2/h4-5H,1-3H3;7H,1H2,2-4H3;1-2H3. The van der Waals surface area contributed by atoms with Crippen molar-refractivity contribution >= 4 is 11.5 Å². The fourth-order valence-corrected chi connectivity index (χ4v) is 1.83. The van der Waals surface area contributed by atoms with Gasteiger partial charge in [0, 0.05) is 24.4 Å². The average molecular weight is 357 g/mol. The molecule has 0 N–H and O–H groups in total. The number of allylic oxidation sites excluding steroid dienone is 1. The smallest absolute Gasteiger partial charge is 0.278 e. The molecule has 0 atom stereocenters. The van der Waals surface area contributed by atoms with Crippen molar-refractivity contribution in [2.24, 2.45) is 4.99 Å². The van der Waals surface area contributed by atoms with Gasteiger partial charge in [-0.05, 0) is 45.7 Å². The minimum Gasteiger partial charge on any atom is -0.278 e. The van der Waals surface area contributed by atoms with Gasteiger partial charge in [0.05, 0.1) is 4.92 Å². The van der Waals surface area contributed by atoms with E-state index in [0.29, 0.717) is 5.70 Å². The number of alkyl halides is 2. The van der Waals surface area contributed by atoms with E-state index in [9.17, 15) is 18.9 Å². The molecule has 0 saturated carbocycles. The molecule has 0 radical (unpaired) electrons. The van der Waals surface area contributed by atoms with Gasteiger partial charge in [0.2, 0.25) is 0 Å². The van der Waals surface area contributed by atoms with Crippen molar-refractivity contribution in [1.82, 2.24) is 4.90 Å². The Morgan fingerprint density at radius 2 is 1.68 bits per heavy atom. The number of aliphatic imine (C=N–C) groups is 1. The number of amidine groups is 1. The van der Waals surface area contributed by atoms with Gasteiger partial charge < -0.3 is 0 Å². The SMILES string of the molecule is C=C(C)N(C(C)=NC)C(F)F.CC.Cc1ccc([N+](=O)[O-])c(C)c1C. The average Bonchev–Trinajstić information content (AvgIpc) is 2.54. The van der Waals surface area contributed by atoms with E-state index in [1.54, 1.807) is 19.1 Å². The predicted molar refractivity (Wildman–Crippen MR) is 100 cm³/mol. The van der Waals surface area contributed by atoms with Gasteiger partial charge in [0.15, 0.2) is 0 Å². The maximum absolute atomic E-state index is 12.2. The van der Waals surface area contributed by atoms with Crippen LogP contribution in [0.5, 0.6) is 0 Å². The quantitative estimate of drug-likeness (QED) is 0.231. The maximum atomic E-state index is 12.2. The number of nitro groups is 1. The van der Waals surface area contributed by atoms with E-state index in [1.165, 1.54) is 20.9 Å². The number of rotatable bonds is 3. The second-order valence-corrected chi connectivity index (χ2v) is 5.06. The first kappa shape index (κ1) is 24.9. The summed E-state index contributed by atoms with van der Waals surface area (Å²) in [5.74, 6) is 0.271. The number of halogens is 2. The lowest BCUT2D eigenvalue weighted by Gasteiger charge is -2.22. The molecule has 0 aliphatic rings. The highest BCUT2D eigenvalue weighted by molar-refractivity contribution is 5.81. The Morgan fingerprint density at radius 3 is 1.96 bits per heavy atom. The van der Waals surface area contributed by atoms with Crippen LogP contribution in [0.1, 0.15) is 44.4 Å². The molecule has 0 saturated heterocycles. The number of nitro benzene ring substituents is 1. The van der Waals surface area contributed by atoms with Crippen LogP contribution < -0.4 is 0 Å². The highest BCUT2D eigenvalue weighted by Crippen LogP contribution is 2.22. The molecule has 1 rings (SSSR count). The second kappa shape index (κ2) is 12.1. The number of benzene rings is 1. The van der Waals surface area contributed by atoms with Gasteiger partial charge in [0.1, 0.15) is 5.84 Å². The normalized spacial score (nSPS) is 10.3. The summed E-state index contributed by atoms with van der Waals surface area (Å²) in [6.45, 7) is 13.5. The van der Waals surface area contributed by atoms with Gasteiger partial charge in [-0.2, -0.15) is 8.78 Å². The zero-order valence-corrected chi connectivity index (χ0v) is 16.4. The van der Waals surface area contributed by atoms with Crippen LogP contribution in [0.2, 0.25) is 0 Å². The summed E-state index contributed by atoms with van der Waals surface area (Å²) in [7, 11) is 1.47. The first-order chi connectivity index (χ1) is 11.5. The van der Waals surface area contributed by atoms with Gasteiger partial charge in [-0.15, -0.1) is 0 Å². The second-order valence-electron chi connectivity index (χ2n) is 5.06. The minimum atomic E-state index is -2.56. The molecule has 0 heterocycles. The molecule has 25 heavy (non-hydrogen) atoms. The topological polar surface area (TPSA) is 58.7 Å². The summed E-state index contributed by atoms with van der Waals surface area (Å²) in [5, 5.41) is 10.5. The number of nitrogens with zero attached hydrogens (tertiary/aromatic N) is 3. The predicted octanol–water partition coefficient (Wildman–Crippen LogP) is 5.64. The lowest BCUT2D eigenvalue weighted by molar-refractivity contribution is -0.385. The zero-order valence-electron chi connectivity index (χ0n) is 16.4. The molecule has 0 fully saturated rings. The van der Waals surface area contributed by atoms with Crippen LogP contribution in [0, 0.1) is 30.9 Å². The summed E-state index contributed by atoms with van der Waals surface area (Å²) in [5.41, 5.74) is 3.36. The van der Waals surface area contributed by atoms with Gasteiger partial charge >= 0.3 is 6.55 Å². The van der Waals surface area contributed by atoms with Crippen LogP contribution in [-0.4, -0.2) is 29.3 Å². The van der Waals surface area contributed by atoms with Crippen molar-refractivity contribution in [3.63, 3.8) is 0 Å². The van der Waals surface area contributed by atoms with Crippen molar-refractivity contribution < 1.29 is 13.7 Å². The molecule has 0 spiro atoms. The Labute approximate surface area is 149 Å². The summed E-state index contributed by atoms with van der Waals surface area (Å²) in [6, 6.07) is 3.33. The Bertz CT molecular complexity index is 615. The summed E-state index contributed by atoms with van der Waals surface area (Å²) >= 11 is 0. The molecular weight excluding hydrogens is 328 g/mol. The van der Waals surface area contributed by atoms with E-state index in [0.717, 1.165) is 21.6 Å². The Morgan fingerprint density at radius 1 is 1.20 bits per heavy atom. The van der Waals surface area contributed by atoms with E-state index in [4.69, 9.17) is 0 Å². The molecule has 0 bridgehead atoms. The molecule has 142 valence electrons. The third-order valence-electron chi connectivity index (χ3n) is 3.50. The zero-order chi connectivity index (χ0) is 20.3. The lowest BCUT2D eigenvalue weighted by atomic mass is 10.0. The molecule has 0 unspecified atom stereocenters. The highest BCUT2D eigenvalue weighted by Gasteiger charge is 2.17. The first-order valence-electron chi connectivity index (χ1n) is 7.92. The molecule has 0 aliphatic carbocycles. The van der Waals surface area contributed by atoms with Gasteiger partial charge in [-0.25, -0.2) is 0 Å². The van der Waals surface area contributed by atoms with Crippen molar-refractivity contribution in [3.8, 4) is 0 Å². The van der Waals surface area contributed by atoms with Gasteiger partial charge in [0.25, 0.3) is 5.69 Å². The molecule has 5 nitrogen and oxygen atoms in total. The minimum absolute atomic E-state index is 0.207. The van der Waals surface area contributed by atoms with Crippen LogP contribution in [-0.2, 0) is 0 Å². The molecule has 0 amide bonds. The lowest BCUT2D eigenvalue weighted by Crippen LogP contribution is -2.31. The van der Waals surface area contributed by atoms with Crippen molar-refractivity contribution in [1.29, 1.82) is 0 Å². The molecule has 0 aromatic heterocycles. The van der Waals surface area contributed by atoms with Crippen molar-refractivity contribution in [3.05, 3.63) is 51.2 Å². The van der Waals surface area contributed by atoms with Crippen LogP contribution in [0.25, 0.3) is 0 Å². The third-order valence-corrected chi connectivity index (χ3v) is 3.50. The first-order valence-corrected chi connectivity index (χ1v) is 7.92. The van der Waals surface area contributed by atoms with Crippen LogP contribution in [0.3, 0.4) is 0 Å². The van der Waals surface area contributed by atoms with Gasteiger partial charge in [-0.1, -0.05) is 26.5 Å². The molecule has 0 aliphatic heterocycles. The highest BCUT2D eigenvalue weighted by atomic mass is 19.3. The van der Waals surface area contributed by atoms with Crippen molar-refractivity contribution in [2.75, 3.05) is 7.05 Å². The van der Waals surface area contributed by atoms with E-state index < -0.39 is 6.55 Å². The number of aryl methyl sites for hydroxylation is 1. The van der Waals surface area contributed by atoms with Gasteiger partial charge in [-0.3, -0.25) is 20.0 Å². The maximum Gasteiger partial charge on any atom is 0.320 e. The third kappa shape index (κ3) is 7.87. The fourth-order valence-electron chi connectivity index (χ4n) is 1.83. The monoisotopic (exact) mass is 357 g/mol. The van der Waals surface area contributed by atoms with Crippen molar-refractivity contribution in [2.45, 2.75) is 55.0 Å². The largest absolute Gasteiger partial charge is 0.320 e. The molecule has 7 heteroatoms. The molecule has 1 aromatic carbocycles. The summed E-state index contributed by atoms with van der Waals surface area (Å²) in [4.78, 5) is 14.6.